The molecule has 2 nitrogen and oxygen atoms in total. The van der Waals surface area contributed by atoms with E-state index in [1.54, 1.807) is 0 Å². The van der Waals surface area contributed by atoms with Gasteiger partial charge in [0.25, 0.3) is 0 Å². The highest BCUT2D eigenvalue weighted by molar-refractivity contribution is 5.84. The van der Waals surface area contributed by atoms with Crippen molar-refractivity contribution in [3.05, 3.63) is 35.6 Å². The van der Waals surface area contributed by atoms with Gasteiger partial charge in [0.1, 0.15) is 5.58 Å². The summed E-state index contributed by atoms with van der Waals surface area (Å²) in [6.45, 7) is 5.83. The van der Waals surface area contributed by atoms with Crippen LogP contribution in [-0.2, 0) is 6.42 Å². The zero-order chi connectivity index (χ0) is 15.8. The lowest BCUT2D eigenvalue weighted by Gasteiger charge is -2.39. The van der Waals surface area contributed by atoms with Crippen LogP contribution < -0.4 is 0 Å². The molecule has 1 aromatic heterocycles. The van der Waals surface area contributed by atoms with Crippen molar-refractivity contribution in [3.8, 4) is 0 Å². The third-order valence-electron chi connectivity index (χ3n) is 6.19. The van der Waals surface area contributed by atoms with Crippen molar-refractivity contribution in [1.82, 2.24) is 4.90 Å². The maximum absolute atomic E-state index is 5.99. The summed E-state index contributed by atoms with van der Waals surface area (Å²) >= 11 is 0. The van der Waals surface area contributed by atoms with Crippen molar-refractivity contribution < 1.29 is 4.42 Å². The van der Waals surface area contributed by atoms with Crippen LogP contribution in [0.2, 0.25) is 0 Å². The Balaban J connectivity index is 1.59. The molecule has 2 aromatic rings. The number of benzene rings is 1. The molecule has 2 saturated heterocycles. The van der Waals surface area contributed by atoms with Gasteiger partial charge in [-0.1, -0.05) is 38.5 Å². The molecule has 0 saturated carbocycles. The summed E-state index contributed by atoms with van der Waals surface area (Å²) in [7, 11) is 0. The molecule has 23 heavy (non-hydrogen) atoms. The average Bonchev–Trinajstić information content (AvgIpc) is 3.11. The SMILES string of the molecule is CCCCN1C2CCC1CC(c1coc3c(CC)cccc13)C2. The van der Waals surface area contributed by atoms with Gasteiger partial charge in [-0.05, 0) is 56.6 Å². The molecule has 0 spiro atoms. The smallest absolute Gasteiger partial charge is 0.137 e. The molecule has 3 heterocycles. The molecule has 0 N–H and O–H groups in total. The van der Waals surface area contributed by atoms with E-state index in [1.165, 1.54) is 61.6 Å². The molecular formula is C21H29NO. The minimum Gasteiger partial charge on any atom is -0.464 e. The number of rotatable bonds is 5. The van der Waals surface area contributed by atoms with Gasteiger partial charge in [-0.15, -0.1) is 0 Å². The van der Waals surface area contributed by atoms with E-state index in [1.807, 2.05) is 0 Å². The Hall–Kier alpha value is -1.28. The molecule has 0 radical (unpaired) electrons. The van der Waals surface area contributed by atoms with Gasteiger partial charge >= 0.3 is 0 Å². The first kappa shape index (κ1) is 15.3. The second-order valence-electron chi connectivity index (χ2n) is 7.48. The van der Waals surface area contributed by atoms with E-state index in [-0.39, 0.29) is 0 Å². The molecule has 2 unspecified atom stereocenters. The van der Waals surface area contributed by atoms with Crippen LogP contribution in [0.1, 0.15) is 69.4 Å². The van der Waals surface area contributed by atoms with Gasteiger partial charge in [0.05, 0.1) is 6.26 Å². The van der Waals surface area contributed by atoms with Crippen molar-refractivity contribution in [3.63, 3.8) is 0 Å². The maximum Gasteiger partial charge on any atom is 0.137 e. The van der Waals surface area contributed by atoms with Gasteiger partial charge in [-0.3, -0.25) is 4.90 Å². The Bertz CT molecular complexity index is 660. The molecule has 1 aromatic carbocycles. The lowest BCUT2D eigenvalue weighted by molar-refractivity contribution is 0.125. The van der Waals surface area contributed by atoms with Crippen LogP contribution >= 0.6 is 0 Å². The molecule has 124 valence electrons. The molecule has 2 bridgehead atoms. The molecular weight excluding hydrogens is 282 g/mol. The van der Waals surface area contributed by atoms with Crippen LogP contribution in [0.25, 0.3) is 11.0 Å². The van der Waals surface area contributed by atoms with Crippen molar-refractivity contribution in [2.75, 3.05) is 6.54 Å². The molecule has 2 fully saturated rings. The van der Waals surface area contributed by atoms with Crippen LogP contribution in [0.5, 0.6) is 0 Å². The van der Waals surface area contributed by atoms with Crippen molar-refractivity contribution in [2.24, 2.45) is 0 Å². The van der Waals surface area contributed by atoms with E-state index < -0.39 is 0 Å². The van der Waals surface area contributed by atoms with Crippen molar-refractivity contribution >= 4 is 11.0 Å². The van der Waals surface area contributed by atoms with Gasteiger partial charge in [0.15, 0.2) is 0 Å². The Kier molecular flexibility index (Phi) is 4.19. The first-order valence-electron chi connectivity index (χ1n) is 9.56. The summed E-state index contributed by atoms with van der Waals surface area (Å²) < 4.78 is 5.99. The standard InChI is InChI=1S/C21H29NO/c1-3-5-11-22-17-9-10-18(22)13-16(12-17)20-14-23-21-15(4-2)7-6-8-19(20)21/h6-8,14,16-18H,3-5,9-13H2,1-2H3. The molecule has 2 heteroatoms. The predicted molar refractivity (Wildman–Crippen MR) is 96.0 cm³/mol. The lowest BCUT2D eigenvalue weighted by Crippen LogP contribution is -2.42. The summed E-state index contributed by atoms with van der Waals surface area (Å²) in [5, 5.41) is 1.37. The monoisotopic (exact) mass is 311 g/mol. The van der Waals surface area contributed by atoms with Crippen LogP contribution in [0.4, 0.5) is 0 Å². The van der Waals surface area contributed by atoms with E-state index in [2.05, 4.69) is 43.2 Å². The predicted octanol–water partition coefficient (Wildman–Crippen LogP) is 5.51. The number of para-hydroxylation sites is 1. The Morgan fingerprint density at radius 1 is 1.13 bits per heavy atom. The average molecular weight is 311 g/mol. The Morgan fingerprint density at radius 2 is 1.91 bits per heavy atom. The third-order valence-corrected chi connectivity index (χ3v) is 6.19. The highest BCUT2D eigenvalue weighted by Crippen LogP contribution is 2.45. The number of piperidine rings is 1. The van der Waals surface area contributed by atoms with E-state index in [9.17, 15) is 0 Å². The zero-order valence-corrected chi connectivity index (χ0v) is 14.6. The second kappa shape index (κ2) is 6.32. The van der Waals surface area contributed by atoms with Gasteiger partial charge in [0, 0.05) is 23.0 Å². The highest BCUT2D eigenvalue weighted by atomic mass is 16.3. The highest BCUT2D eigenvalue weighted by Gasteiger charge is 2.41. The van der Waals surface area contributed by atoms with Gasteiger partial charge < -0.3 is 4.42 Å². The van der Waals surface area contributed by atoms with Crippen LogP contribution in [0, 0.1) is 0 Å². The second-order valence-corrected chi connectivity index (χ2v) is 7.48. The van der Waals surface area contributed by atoms with E-state index >= 15 is 0 Å². The fourth-order valence-electron chi connectivity index (χ4n) is 4.97. The van der Waals surface area contributed by atoms with Crippen LogP contribution in [0.15, 0.2) is 28.9 Å². The van der Waals surface area contributed by atoms with Gasteiger partial charge in [0.2, 0.25) is 0 Å². The van der Waals surface area contributed by atoms with Crippen molar-refractivity contribution in [2.45, 2.75) is 76.8 Å². The number of aryl methyl sites for hydroxylation is 1. The molecule has 0 aliphatic carbocycles. The molecule has 2 atom stereocenters. The van der Waals surface area contributed by atoms with E-state index in [0.29, 0.717) is 5.92 Å². The number of hydrogen-bond donors (Lipinski definition) is 0. The molecule has 4 rings (SSSR count). The number of nitrogens with zero attached hydrogens (tertiary/aromatic N) is 1. The molecule has 2 aliphatic rings. The summed E-state index contributed by atoms with van der Waals surface area (Å²) in [6, 6.07) is 8.28. The summed E-state index contributed by atoms with van der Waals surface area (Å²) in [4.78, 5) is 2.82. The number of unbranched alkanes of at least 4 members (excludes halogenated alkanes) is 1. The van der Waals surface area contributed by atoms with E-state index in [0.717, 1.165) is 24.1 Å². The molecule has 2 aliphatic heterocycles. The summed E-state index contributed by atoms with van der Waals surface area (Å²) in [6.07, 6.45) is 11.2. The topological polar surface area (TPSA) is 16.4 Å². The molecule has 0 amide bonds. The minimum atomic E-state index is 0.693. The Labute approximate surface area is 139 Å². The largest absolute Gasteiger partial charge is 0.464 e. The maximum atomic E-state index is 5.99. The fraction of sp³-hybridized carbons (Fsp3) is 0.619. The van der Waals surface area contributed by atoms with Crippen molar-refractivity contribution in [1.29, 1.82) is 0 Å². The number of hydrogen-bond acceptors (Lipinski definition) is 2. The first-order valence-corrected chi connectivity index (χ1v) is 9.56. The lowest BCUT2D eigenvalue weighted by atomic mass is 9.84. The normalized spacial score (nSPS) is 27.8. The zero-order valence-electron chi connectivity index (χ0n) is 14.6. The van der Waals surface area contributed by atoms with Crippen LogP contribution in [-0.4, -0.2) is 23.5 Å². The van der Waals surface area contributed by atoms with Crippen LogP contribution in [0.3, 0.4) is 0 Å². The van der Waals surface area contributed by atoms with E-state index in [4.69, 9.17) is 4.42 Å². The van der Waals surface area contributed by atoms with Gasteiger partial charge in [-0.25, -0.2) is 0 Å². The summed E-state index contributed by atoms with van der Waals surface area (Å²) in [5.41, 5.74) is 3.95. The quantitative estimate of drug-likeness (QED) is 0.724. The third kappa shape index (κ3) is 2.61. The minimum absolute atomic E-state index is 0.693. The van der Waals surface area contributed by atoms with Gasteiger partial charge in [-0.2, -0.15) is 0 Å². The fourth-order valence-corrected chi connectivity index (χ4v) is 4.97. The Morgan fingerprint density at radius 3 is 2.61 bits per heavy atom. The number of furan rings is 1. The summed E-state index contributed by atoms with van der Waals surface area (Å²) in [5.74, 6) is 0.693. The first-order chi connectivity index (χ1) is 11.3. The number of fused-ring (bicyclic) bond motifs is 3.